The van der Waals surface area contributed by atoms with Gasteiger partial charge in [0.1, 0.15) is 11.6 Å². The predicted molar refractivity (Wildman–Crippen MR) is 97.3 cm³/mol. The first kappa shape index (κ1) is 19.2. The topological polar surface area (TPSA) is 55.4 Å². The van der Waals surface area contributed by atoms with E-state index in [1.807, 2.05) is 0 Å². The van der Waals surface area contributed by atoms with E-state index in [1.165, 1.54) is 60.7 Å². The highest BCUT2D eigenvalue weighted by atomic mass is 19.3. The van der Waals surface area contributed by atoms with Gasteiger partial charge in [-0.2, -0.15) is 8.78 Å². The molecule has 0 fully saturated rings. The highest BCUT2D eigenvalue weighted by molar-refractivity contribution is 6.17. The molecule has 0 bridgehead atoms. The maximum atomic E-state index is 13.1. The van der Waals surface area contributed by atoms with Crippen molar-refractivity contribution >= 4 is 17.4 Å². The van der Waals surface area contributed by atoms with Gasteiger partial charge in [-0.3, -0.25) is 9.59 Å². The zero-order chi connectivity index (χ0) is 20.1. The largest absolute Gasteiger partial charge is 0.435 e. The number of amides is 1. The minimum Gasteiger partial charge on any atom is -0.435 e. The number of benzene rings is 3. The fourth-order valence-electron chi connectivity index (χ4n) is 2.55. The molecule has 0 aromatic heterocycles. The van der Waals surface area contributed by atoms with Crippen molar-refractivity contribution < 1.29 is 27.5 Å². The minimum absolute atomic E-state index is 0.0418. The average molecular weight is 385 g/mol. The van der Waals surface area contributed by atoms with E-state index in [1.54, 1.807) is 12.1 Å². The molecule has 0 saturated carbocycles. The first-order valence-corrected chi connectivity index (χ1v) is 8.19. The lowest BCUT2D eigenvalue weighted by atomic mass is 9.98. The first-order chi connectivity index (χ1) is 13.4. The number of ether oxygens (including phenoxy) is 1. The second kappa shape index (κ2) is 8.39. The number of anilines is 1. The summed E-state index contributed by atoms with van der Waals surface area (Å²) >= 11 is 0. The normalized spacial score (nSPS) is 10.6. The Morgan fingerprint density at radius 1 is 0.821 bits per heavy atom. The molecule has 1 amide bonds. The predicted octanol–water partition coefficient (Wildman–Crippen LogP) is 4.91. The smallest absolute Gasteiger partial charge is 0.387 e. The van der Waals surface area contributed by atoms with Crippen molar-refractivity contribution in [2.24, 2.45) is 0 Å². The number of hydrogen-bond acceptors (Lipinski definition) is 3. The third-order valence-corrected chi connectivity index (χ3v) is 3.86. The fraction of sp³-hybridized carbons (Fsp3) is 0.0476. The summed E-state index contributed by atoms with van der Waals surface area (Å²) in [5, 5.41) is 2.60. The number of carbonyl (C=O) groups is 2. The van der Waals surface area contributed by atoms with Gasteiger partial charge in [0.15, 0.2) is 5.78 Å². The van der Waals surface area contributed by atoms with E-state index in [4.69, 9.17) is 0 Å². The maximum absolute atomic E-state index is 13.1. The monoisotopic (exact) mass is 385 g/mol. The van der Waals surface area contributed by atoms with Crippen molar-refractivity contribution in [2.45, 2.75) is 6.61 Å². The van der Waals surface area contributed by atoms with Crippen LogP contribution in [0.25, 0.3) is 0 Å². The molecular weight excluding hydrogens is 371 g/mol. The van der Waals surface area contributed by atoms with E-state index in [2.05, 4.69) is 10.1 Å². The molecule has 3 aromatic carbocycles. The molecule has 0 unspecified atom stereocenters. The fourth-order valence-corrected chi connectivity index (χ4v) is 2.55. The lowest BCUT2D eigenvalue weighted by Crippen LogP contribution is -2.17. The van der Waals surface area contributed by atoms with Crippen molar-refractivity contribution in [1.82, 2.24) is 0 Å². The Hall–Kier alpha value is -3.61. The molecule has 0 aliphatic carbocycles. The van der Waals surface area contributed by atoms with E-state index < -0.39 is 24.1 Å². The third-order valence-electron chi connectivity index (χ3n) is 3.86. The Labute approximate surface area is 158 Å². The summed E-state index contributed by atoms with van der Waals surface area (Å²) in [6.45, 7) is -2.94. The zero-order valence-corrected chi connectivity index (χ0v) is 14.4. The summed E-state index contributed by atoms with van der Waals surface area (Å²) in [5.41, 5.74) is 0.875. The Balaban J connectivity index is 1.81. The van der Waals surface area contributed by atoms with E-state index >= 15 is 0 Å². The van der Waals surface area contributed by atoms with Gasteiger partial charge in [0.2, 0.25) is 0 Å². The van der Waals surface area contributed by atoms with Crippen LogP contribution >= 0.6 is 0 Å². The lowest BCUT2D eigenvalue weighted by Gasteiger charge is -2.10. The van der Waals surface area contributed by atoms with Gasteiger partial charge >= 0.3 is 6.61 Å². The second-order valence-corrected chi connectivity index (χ2v) is 5.74. The van der Waals surface area contributed by atoms with Crippen LogP contribution in [-0.4, -0.2) is 18.3 Å². The van der Waals surface area contributed by atoms with E-state index in [0.717, 1.165) is 0 Å². The van der Waals surface area contributed by atoms with Crippen LogP contribution in [0.2, 0.25) is 0 Å². The van der Waals surface area contributed by atoms with Crippen molar-refractivity contribution in [1.29, 1.82) is 0 Å². The molecular formula is C21H14F3NO3. The Bertz CT molecular complexity index is 987. The SMILES string of the molecule is O=C(Nc1ccc(OC(F)F)cc1)c1ccccc1C(=O)c1ccc(F)cc1. The van der Waals surface area contributed by atoms with Gasteiger partial charge in [0, 0.05) is 16.8 Å². The van der Waals surface area contributed by atoms with Crippen LogP contribution < -0.4 is 10.1 Å². The van der Waals surface area contributed by atoms with Gasteiger partial charge in [-0.15, -0.1) is 0 Å². The van der Waals surface area contributed by atoms with Gasteiger partial charge < -0.3 is 10.1 Å². The molecule has 7 heteroatoms. The molecule has 3 aromatic rings. The molecule has 0 atom stereocenters. The van der Waals surface area contributed by atoms with Crippen LogP contribution in [0.5, 0.6) is 5.75 Å². The summed E-state index contributed by atoms with van der Waals surface area (Å²) in [7, 11) is 0. The molecule has 28 heavy (non-hydrogen) atoms. The molecule has 1 N–H and O–H groups in total. The van der Waals surface area contributed by atoms with Gasteiger partial charge in [0.05, 0.1) is 5.56 Å². The summed E-state index contributed by atoms with van der Waals surface area (Å²) in [5.74, 6) is -1.48. The second-order valence-electron chi connectivity index (χ2n) is 5.74. The quantitative estimate of drug-likeness (QED) is 0.614. The first-order valence-electron chi connectivity index (χ1n) is 8.19. The van der Waals surface area contributed by atoms with Crippen LogP contribution in [-0.2, 0) is 0 Å². The maximum Gasteiger partial charge on any atom is 0.387 e. The molecule has 3 rings (SSSR count). The van der Waals surface area contributed by atoms with Crippen molar-refractivity contribution in [2.75, 3.05) is 5.32 Å². The number of ketones is 1. The van der Waals surface area contributed by atoms with Gasteiger partial charge in [-0.25, -0.2) is 4.39 Å². The Kier molecular flexibility index (Phi) is 5.74. The molecule has 4 nitrogen and oxygen atoms in total. The Morgan fingerprint density at radius 2 is 1.43 bits per heavy atom. The lowest BCUT2D eigenvalue weighted by molar-refractivity contribution is -0.0498. The molecule has 0 aliphatic heterocycles. The standard InChI is InChI=1S/C21H14F3NO3/c22-14-7-5-13(6-8-14)19(26)17-3-1-2-4-18(17)20(27)25-15-9-11-16(12-10-15)28-21(23)24/h1-12,21H,(H,25,27). The van der Waals surface area contributed by atoms with Gasteiger partial charge in [-0.05, 0) is 54.6 Å². The number of alkyl halides is 2. The average Bonchev–Trinajstić information content (AvgIpc) is 2.69. The molecule has 142 valence electrons. The number of rotatable bonds is 6. The Morgan fingerprint density at radius 3 is 2.04 bits per heavy atom. The van der Waals surface area contributed by atoms with Crippen molar-refractivity contribution in [3.63, 3.8) is 0 Å². The number of carbonyl (C=O) groups excluding carboxylic acids is 2. The molecule has 0 heterocycles. The van der Waals surface area contributed by atoms with E-state index in [9.17, 15) is 22.8 Å². The molecule has 0 saturated heterocycles. The minimum atomic E-state index is -2.94. The molecule has 0 radical (unpaired) electrons. The van der Waals surface area contributed by atoms with E-state index in [0.29, 0.717) is 5.69 Å². The summed E-state index contributed by atoms with van der Waals surface area (Å²) in [4.78, 5) is 25.3. The third kappa shape index (κ3) is 4.56. The zero-order valence-electron chi connectivity index (χ0n) is 14.4. The van der Waals surface area contributed by atoms with Gasteiger partial charge in [-0.1, -0.05) is 18.2 Å². The summed E-state index contributed by atoms with van der Waals surface area (Å²) in [6.07, 6.45) is 0. The van der Waals surface area contributed by atoms with Gasteiger partial charge in [0.25, 0.3) is 5.91 Å². The summed E-state index contributed by atoms with van der Waals surface area (Å²) in [6, 6.07) is 16.6. The van der Waals surface area contributed by atoms with Crippen LogP contribution in [0.15, 0.2) is 72.8 Å². The number of nitrogens with one attached hydrogen (secondary N) is 1. The molecule has 0 aliphatic rings. The number of halogens is 3. The molecule has 0 spiro atoms. The highest BCUT2D eigenvalue weighted by Crippen LogP contribution is 2.20. The number of hydrogen-bond donors (Lipinski definition) is 1. The van der Waals surface area contributed by atoms with E-state index in [-0.39, 0.29) is 22.4 Å². The van der Waals surface area contributed by atoms with Crippen LogP contribution in [0.3, 0.4) is 0 Å². The van der Waals surface area contributed by atoms with Crippen LogP contribution in [0, 0.1) is 5.82 Å². The van der Waals surface area contributed by atoms with Crippen LogP contribution in [0.4, 0.5) is 18.9 Å². The van der Waals surface area contributed by atoms with Crippen molar-refractivity contribution in [3.05, 3.63) is 95.3 Å². The van der Waals surface area contributed by atoms with Crippen molar-refractivity contribution in [3.8, 4) is 5.75 Å². The summed E-state index contributed by atoms with van der Waals surface area (Å²) < 4.78 is 41.7. The van der Waals surface area contributed by atoms with Crippen LogP contribution in [0.1, 0.15) is 26.3 Å². The highest BCUT2D eigenvalue weighted by Gasteiger charge is 2.18.